The van der Waals surface area contributed by atoms with Gasteiger partial charge in [-0.1, -0.05) is 36.4 Å². The summed E-state index contributed by atoms with van der Waals surface area (Å²) in [6.07, 6.45) is 0.997. The van der Waals surface area contributed by atoms with Gasteiger partial charge in [0.15, 0.2) is 28.8 Å². The highest BCUT2D eigenvalue weighted by atomic mass is 16.5. The molecule has 0 saturated carbocycles. The van der Waals surface area contributed by atoms with Gasteiger partial charge in [0.1, 0.15) is 6.61 Å². The van der Waals surface area contributed by atoms with Crippen LogP contribution in [0.2, 0.25) is 0 Å². The second-order valence-electron chi connectivity index (χ2n) is 9.87. The minimum Gasteiger partial charge on any atom is -0.493 e. The van der Waals surface area contributed by atoms with Gasteiger partial charge in [-0.05, 0) is 53.3 Å². The van der Waals surface area contributed by atoms with Crippen molar-refractivity contribution < 1.29 is 33.3 Å². The number of nitrogens with one attached hydrogen (secondary N) is 1. The molecule has 1 aliphatic heterocycles. The summed E-state index contributed by atoms with van der Waals surface area (Å²) in [5, 5.41) is 2.99. The third-order valence-corrected chi connectivity index (χ3v) is 7.52. The number of carbonyl (C=O) groups excluding carboxylic acids is 2. The summed E-state index contributed by atoms with van der Waals surface area (Å²) in [5.74, 6) is 2.06. The monoisotopic (exact) mass is 543 g/mol. The van der Waals surface area contributed by atoms with Gasteiger partial charge >= 0.3 is 0 Å². The number of carbonyl (C=O) groups is 2. The van der Waals surface area contributed by atoms with Crippen molar-refractivity contribution in [1.82, 2.24) is 5.32 Å². The standard InChI is InChI=1S/C32H33NO7/c1-36-26-11-10-20(14-27(26)40-18-19-8-6-5-7-9-19)23-17-30(35)33-24-12-21(13-25(34)31(23)24)22-15-28(37-2)32(39-4)29(16-22)38-3/h5-11,14-16,21,23H,12-13,17-18H2,1-4H3,(H,33,35). The van der Waals surface area contributed by atoms with E-state index < -0.39 is 0 Å². The van der Waals surface area contributed by atoms with Crippen molar-refractivity contribution in [3.8, 4) is 28.7 Å². The highest BCUT2D eigenvalue weighted by molar-refractivity contribution is 6.02. The Bertz CT molecular complexity index is 1420. The lowest BCUT2D eigenvalue weighted by Crippen LogP contribution is -2.38. The smallest absolute Gasteiger partial charge is 0.225 e. The SMILES string of the molecule is COc1ccc(C2CC(=O)NC3=C2C(=O)CC(c2cc(OC)c(OC)c(OC)c2)C3)cc1OCc1ccccc1. The number of methoxy groups -OCH3 is 4. The molecule has 3 aromatic rings. The van der Waals surface area contributed by atoms with E-state index in [1.807, 2.05) is 60.7 Å². The van der Waals surface area contributed by atoms with Gasteiger partial charge < -0.3 is 29.0 Å². The fourth-order valence-electron chi connectivity index (χ4n) is 5.58. The van der Waals surface area contributed by atoms with Crippen LogP contribution in [0.1, 0.15) is 47.8 Å². The molecule has 1 aliphatic carbocycles. The maximum absolute atomic E-state index is 13.7. The van der Waals surface area contributed by atoms with Gasteiger partial charge in [-0.15, -0.1) is 0 Å². The average Bonchev–Trinajstić information content (AvgIpc) is 2.98. The second-order valence-corrected chi connectivity index (χ2v) is 9.87. The third-order valence-electron chi connectivity index (χ3n) is 7.52. The van der Waals surface area contributed by atoms with Crippen LogP contribution < -0.4 is 29.0 Å². The fourth-order valence-corrected chi connectivity index (χ4v) is 5.58. The Morgan fingerprint density at radius 1 is 0.725 bits per heavy atom. The molecule has 1 N–H and O–H groups in total. The van der Waals surface area contributed by atoms with Gasteiger partial charge in [0, 0.05) is 30.0 Å². The summed E-state index contributed by atoms with van der Waals surface area (Å²) < 4.78 is 28.1. The molecule has 0 radical (unpaired) electrons. The molecule has 8 nitrogen and oxygen atoms in total. The number of ketones is 1. The lowest BCUT2D eigenvalue weighted by atomic mass is 9.73. The molecule has 0 saturated heterocycles. The van der Waals surface area contributed by atoms with Crippen LogP contribution in [0.25, 0.3) is 0 Å². The predicted octanol–water partition coefficient (Wildman–Crippen LogP) is 5.30. The highest BCUT2D eigenvalue weighted by Crippen LogP contribution is 2.47. The van der Waals surface area contributed by atoms with Crippen molar-refractivity contribution in [2.24, 2.45) is 0 Å². The predicted molar refractivity (Wildman–Crippen MR) is 149 cm³/mol. The molecule has 0 bridgehead atoms. The van der Waals surface area contributed by atoms with E-state index in [4.69, 9.17) is 23.7 Å². The van der Waals surface area contributed by atoms with E-state index in [0.717, 1.165) is 16.7 Å². The molecule has 8 heteroatoms. The van der Waals surface area contributed by atoms with Crippen LogP contribution in [0.15, 0.2) is 71.9 Å². The Hall–Kier alpha value is -4.46. The molecule has 2 atom stereocenters. The molecule has 0 fully saturated rings. The number of hydrogen-bond acceptors (Lipinski definition) is 7. The first-order valence-corrected chi connectivity index (χ1v) is 13.2. The Morgan fingerprint density at radius 3 is 2.05 bits per heavy atom. The summed E-state index contributed by atoms with van der Waals surface area (Å²) in [6.45, 7) is 0.370. The van der Waals surface area contributed by atoms with Gasteiger partial charge in [0.05, 0.1) is 28.4 Å². The zero-order valence-electron chi connectivity index (χ0n) is 23.1. The summed E-state index contributed by atoms with van der Waals surface area (Å²) in [7, 11) is 6.27. The Balaban J connectivity index is 1.46. The molecule has 5 rings (SSSR count). The number of Topliss-reactive ketones (excluding diaryl/α,β-unsaturated/α-hetero) is 1. The summed E-state index contributed by atoms with van der Waals surface area (Å²) in [6, 6.07) is 19.2. The number of benzene rings is 3. The van der Waals surface area contributed by atoms with Crippen LogP contribution in [0.3, 0.4) is 0 Å². The molecule has 2 aliphatic rings. The molecule has 0 spiro atoms. The minimum atomic E-state index is -0.373. The van der Waals surface area contributed by atoms with Crippen LogP contribution in [-0.4, -0.2) is 40.1 Å². The van der Waals surface area contributed by atoms with Gasteiger partial charge in [0.2, 0.25) is 11.7 Å². The normalized spacial score (nSPS) is 18.5. The first-order chi connectivity index (χ1) is 19.4. The van der Waals surface area contributed by atoms with Crippen LogP contribution in [0.4, 0.5) is 0 Å². The van der Waals surface area contributed by atoms with Gasteiger partial charge in [-0.2, -0.15) is 0 Å². The molecule has 1 amide bonds. The zero-order valence-corrected chi connectivity index (χ0v) is 23.1. The molecule has 3 aromatic carbocycles. The van der Waals surface area contributed by atoms with E-state index >= 15 is 0 Å². The summed E-state index contributed by atoms with van der Waals surface area (Å²) in [5.41, 5.74) is 4.07. The first-order valence-electron chi connectivity index (χ1n) is 13.2. The van der Waals surface area contributed by atoms with E-state index in [-0.39, 0.29) is 29.9 Å². The lowest BCUT2D eigenvalue weighted by molar-refractivity contribution is -0.122. The number of hydrogen-bond donors (Lipinski definition) is 1. The summed E-state index contributed by atoms with van der Waals surface area (Å²) in [4.78, 5) is 26.6. The zero-order chi connectivity index (χ0) is 28.2. The third kappa shape index (κ3) is 5.34. The van der Waals surface area contributed by atoms with Crippen molar-refractivity contribution in [2.45, 2.75) is 37.7 Å². The van der Waals surface area contributed by atoms with Gasteiger partial charge in [0.25, 0.3) is 0 Å². The number of rotatable bonds is 9. The Morgan fingerprint density at radius 2 is 1.40 bits per heavy atom. The van der Waals surface area contributed by atoms with Crippen molar-refractivity contribution >= 4 is 11.7 Å². The maximum Gasteiger partial charge on any atom is 0.225 e. The van der Waals surface area contributed by atoms with Crippen molar-refractivity contribution in [3.63, 3.8) is 0 Å². The molecule has 1 heterocycles. The minimum absolute atomic E-state index is 0.00701. The van der Waals surface area contributed by atoms with Crippen molar-refractivity contribution in [2.75, 3.05) is 28.4 Å². The van der Waals surface area contributed by atoms with Gasteiger partial charge in [-0.25, -0.2) is 0 Å². The Kier molecular flexibility index (Phi) is 7.96. The molecule has 208 valence electrons. The van der Waals surface area contributed by atoms with E-state index in [1.165, 1.54) is 0 Å². The van der Waals surface area contributed by atoms with Gasteiger partial charge in [-0.3, -0.25) is 9.59 Å². The number of amides is 1. The fraction of sp³-hybridized carbons (Fsp3) is 0.312. The number of ether oxygens (including phenoxy) is 5. The van der Waals surface area contributed by atoms with E-state index in [0.29, 0.717) is 59.5 Å². The molecular formula is C32H33NO7. The quantitative estimate of drug-likeness (QED) is 0.391. The largest absolute Gasteiger partial charge is 0.493 e. The lowest BCUT2D eigenvalue weighted by Gasteiger charge is -2.35. The second kappa shape index (κ2) is 11.7. The molecule has 40 heavy (non-hydrogen) atoms. The Labute approximate surface area is 233 Å². The van der Waals surface area contributed by atoms with Crippen LogP contribution in [-0.2, 0) is 16.2 Å². The molecule has 2 unspecified atom stereocenters. The molecular weight excluding hydrogens is 510 g/mol. The number of allylic oxidation sites excluding steroid dienone is 2. The van der Waals surface area contributed by atoms with Crippen molar-refractivity contribution in [3.05, 3.63) is 88.6 Å². The van der Waals surface area contributed by atoms with E-state index in [9.17, 15) is 9.59 Å². The first kappa shape index (κ1) is 27.1. The maximum atomic E-state index is 13.7. The van der Waals surface area contributed by atoms with E-state index in [1.54, 1.807) is 28.4 Å². The van der Waals surface area contributed by atoms with Crippen molar-refractivity contribution in [1.29, 1.82) is 0 Å². The average molecular weight is 544 g/mol. The van der Waals surface area contributed by atoms with E-state index in [2.05, 4.69) is 5.32 Å². The highest BCUT2D eigenvalue weighted by Gasteiger charge is 2.39. The molecule has 0 aromatic heterocycles. The van der Waals surface area contributed by atoms with Crippen LogP contribution in [0.5, 0.6) is 28.7 Å². The summed E-state index contributed by atoms with van der Waals surface area (Å²) >= 11 is 0. The topological polar surface area (TPSA) is 92.3 Å². The van der Waals surface area contributed by atoms with Crippen LogP contribution in [0, 0.1) is 0 Å². The van der Waals surface area contributed by atoms with Crippen LogP contribution >= 0.6 is 0 Å².